The number of nitriles is 1. The second kappa shape index (κ2) is 9.40. The van der Waals surface area contributed by atoms with Gasteiger partial charge in [-0.05, 0) is 43.7 Å². The largest absolute Gasteiger partial charge is 0.496 e. The van der Waals surface area contributed by atoms with Crippen LogP contribution < -0.4 is 15.4 Å². The zero-order chi connectivity index (χ0) is 27.1. The fraction of sp³-hybridized carbons (Fsp3) is 0.222. The minimum absolute atomic E-state index is 0.0152. The van der Waals surface area contributed by atoms with Crippen LogP contribution >= 0.6 is 0 Å². The fourth-order valence-electron chi connectivity index (χ4n) is 4.94. The first-order valence-electron chi connectivity index (χ1n) is 11.8. The zero-order valence-corrected chi connectivity index (χ0v) is 21.3. The Morgan fingerprint density at radius 1 is 1.21 bits per heavy atom. The van der Waals surface area contributed by atoms with Crippen LogP contribution in [0.1, 0.15) is 40.0 Å². The molecule has 11 nitrogen and oxygen atoms in total. The lowest BCUT2D eigenvalue weighted by Crippen LogP contribution is -2.31. The van der Waals surface area contributed by atoms with E-state index in [1.807, 2.05) is 42.5 Å². The number of ether oxygens (including phenoxy) is 1. The van der Waals surface area contributed by atoms with E-state index < -0.39 is 10.8 Å². The van der Waals surface area contributed by atoms with Gasteiger partial charge in [0.25, 0.3) is 0 Å². The average Bonchev–Trinajstić information content (AvgIpc) is 3.41. The molecule has 1 aliphatic rings. The molecule has 0 amide bonds. The minimum Gasteiger partial charge on any atom is -0.496 e. The van der Waals surface area contributed by atoms with Gasteiger partial charge in [0.1, 0.15) is 28.7 Å². The van der Waals surface area contributed by atoms with Gasteiger partial charge in [0.2, 0.25) is 5.88 Å². The maximum Gasteiger partial charge on any atom is 0.312 e. The zero-order valence-electron chi connectivity index (χ0n) is 21.3. The van der Waals surface area contributed by atoms with Crippen molar-refractivity contribution in [3.8, 4) is 11.8 Å². The minimum atomic E-state index is -0.591. The van der Waals surface area contributed by atoms with Gasteiger partial charge in [0.05, 0.1) is 41.8 Å². The van der Waals surface area contributed by atoms with Crippen molar-refractivity contribution >= 4 is 17.3 Å². The lowest BCUT2D eigenvalue weighted by molar-refractivity contribution is -0.386. The van der Waals surface area contributed by atoms with Crippen LogP contribution in [0.2, 0.25) is 0 Å². The highest BCUT2D eigenvalue weighted by Crippen LogP contribution is 2.46. The summed E-state index contributed by atoms with van der Waals surface area (Å²) in [6, 6.07) is 17.2. The van der Waals surface area contributed by atoms with E-state index in [0.29, 0.717) is 40.2 Å². The van der Waals surface area contributed by atoms with Crippen LogP contribution in [-0.2, 0) is 6.54 Å². The van der Waals surface area contributed by atoms with Gasteiger partial charge < -0.3 is 14.9 Å². The highest BCUT2D eigenvalue weighted by molar-refractivity contribution is 5.73. The van der Waals surface area contributed by atoms with Crippen molar-refractivity contribution in [1.82, 2.24) is 14.8 Å². The molecule has 1 atom stereocenters. The lowest BCUT2D eigenvalue weighted by atomic mass is 9.85. The van der Waals surface area contributed by atoms with E-state index in [1.54, 1.807) is 43.5 Å². The number of nitrogens with two attached hydrogens (primary N) is 1. The molecule has 5 rings (SSSR count). The Labute approximate surface area is 218 Å². The molecule has 0 saturated heterocycles. The molecule has 0 saturated carbocycles. The summed E-state index contributed by atoms with van der Waals surface area (Å²) in [6.45, 7) is 5.24. The van der Waals surface area contributed by atoms with Crippen LogP contribution in [0.3, 0.4) is 0 Å². The molecule has 0 spiro atoms. The van der Waals surface area contributed by atoms with E-state index >= 15 is 0 Å². The Bertz CT molecular complexity index is 1630. The van der Waals surface area contributed by atoms with Crippen molar-refractivity contribution in [3.05, 3.63) is 104 Å². The summed E-state index contributed by atoms with van der Waals surface area (Å²) in [4.78, 5) is 17.4. The van der Waals surface area contributed by atoms with Crippen molar-refractivity contribution in [2.75, 3.05) is 12.0 Å². The van der Waals surface area contributed by atoms with Crippen molar-refractivity contribution in [2.45, 2.75) is 33.2 Å². The molecule has 0 aliphatic carbocycles. The van der Waals surface area contributed by atoms with E-state index in [1.165, 1.54) is 0 Å². The lowest BCUT2D eigenvalue weighted by Gasteiger charge is -2.31. The number of aromatic nitrogens is 3. The van der Waals surface area contributed by atoms with Crippen LogP contribution in [0.15, 0.2) is 64.3 Å². The Morgan fingerprint density at radius 2 is 1.95 bits per heavy atom. The Hall–Kier alpha value is -5.11. The van der Waals surface area contributed by atoms with E-state index in [0.717, 1.165) is 16.8 Å². The van der Waals surface area contributed by atoms with Crippen LogP contribution in [0, 0.1) is 42.2 Å². The number of nitrogens with zero attached hydrogens (tertiary/aromatic N) is 6. The SMILES string of the molecule is COc1ccc(C2C(C#N)=C(N)N(c3ccccc3)c3oc(C)nc32)cc1Cn1nc(C)c([N+](=O)[O-])c1C. The quantitative estimate of drug-likeness (QED) is 0.286. The Morgan fingerprint density at radius 3 is 2.58 bits per heavy atom. The Kier molecular flexibility index (Phi) is 6.08. The van der Waals surface area contributed by atoms with Crippen molar-refractivity contribution in [3.63, 3.8) is 0 Å². The van der Waals surface area contributed by atoms with Gasteiger partial charge in [-0.1, -0.05) is 24.3 Å². The second-order valence-electron chi connectivity index (χ2n) is 8.94. The monoisotopic (exact) mass is 511 g/mol. The number of oxazole rings is 1. The summed E-state index contributed by atoms with van der Waals surface area (Å²) < 4.78 is 13.2. The number of hydrogen-bond donors (Lipinski definition) is 1. The number of benzene rings is 2. The molecule has 192 valence electrons. The smallest absolute Gasteiger partial charge is 0.312 e. The van der Waals surface area contributed by atoms with E-state index in [-0.39, 0.29) is 18.1 Å². The number of para-hydroxylation sites is 1. The standard InChI is InChI=1S/C27H25N7O4/c1-15-25(34(35)36)16(2)32(31-15)14-19-12-18(10-11-22(19)37-4)23-21(13-28)26(29)33(20-8-6-5-7-9-20)27-24(23)30-17(3)38-27/h5-12,23H,14,29H2,1-4H3. The molecule has 2 aromatic heterocycles. The molecule has 2 aromatic carbocycles. The van der Waals surface area contributed by atoms with Gasteiger partial charge in [-0.25, -0.2) is 4.98 Å². The van der Waals surface area contributed by atoms with Gasteiger partial charge >= 0.3 is 5.69 Å². The predicted molar refractivity (Wildman–Crippen MR) is 139 cm³/mol. The molecule has 0 bridgehead atoms. The third kappa shape index (κ3) is 3.92. The summed E-state index contributed by atoms with van der Waals surface area (Å²) in [5, 5.41) is 26.1. The van der Waals surface area contributed by atoms with Crippen molar-refractivity contribution in [1.29, 1.82) is 5.26 Å². The predicted octanol–water partition coefficient (Wildman–Crippen LogP) is 4.74. The highest BCUT2D eigenvalue weighted by atomic mass is 16.6. The number of aryl methyl sites for hydroxylation is 2. The molecule has 3 heterocycles. The van der Waals surface area contributed by atoms with E-state index in [2.05, 4.69) is 16.2 Å². The number of rotatable bonds is 6. The van der Waals surface area contributed by atoms with Gasteiger partial charge in [-0.2, -0.15) is 10.4 Å². The molecule has 1 aliphatic heterocycles. The number of hydrogen-bond acceptors (Lipinski definition) is 9. The highest BCUT2D eigenvalue weighted by Gasteiger charge is 2.38. The third-order valence-corrected chi connectivity index (χ3v) is 6.64. The summed E-state index contributed by atoms with van der Waals surface area (Å²) in [7, 11) is 1.55. The molecule has 38 heavy (non-hydrogen) atoms. The third-order valence-electron chi connectivity index (χ3n) is 6.64. The van der Waals surface area contributed by atoms with Crippen LogP contribution in [0.25, 0.3) is 0 Å². The van der Waals surface area contributed by atoms with Gasteiger partial charge in [-0.3, -0.25) is 19.7 Å². The molecule has 4 aromatic rings. The second-order valence-corrected chi connectivity index (χ2v) is 8.94. The molecule has 11 heteroatoms. The summed E-state index contributed by atoms with van der Waals surface area (Å²) in [6.07, 6.45) is 0. The summed E-state index contributed by atoms with van der Waals surface area (Å²) in [5.74, 6) is 1.13. The molecule has 0 radical (unpaired) electrons. The number of nitro groups is 1. The van der Waals surface area contributed by atoms with Gasteiger partial charge in [0.15, 0.2) is 5.89 Å². The fourth-order valence-corrected chi connectivity index (χ4v) is 4.94. The van der Waals surface area contributed by atoms with Crippen LogP contribution in [-0.4, -0.2) is 26.8 Å². The normalized spacial score (nSPS) is 14.8. The van der Waals surface area contributed by atoms with E-state index in [4.69, 9.17) is 14.9 Å². The summed E-state index contributed by atoms with van der Waals surface area (Å²) >= 11 is 0. The maximum absolute atomic E-state index is 11.5. The first kappa shape index (κ1) is 24.6. The summed E-state index contributed by atoms with van der Waals surface area (Å²) in [5.41, 5.74) is 10.5. The first-order valence-corrected chi connectivity index (χ1v) is 11.8. The number of methoxy groups -OCH3 is 1. The molecule has 1 unspecified atom stereocenters. The molecular weight excluding hydrogens is 486 g/mol. The number of allylic oxidation sites excluding steroid dienone is 1. The van der Waals surface area contributed by atoms with Crippen LogP contribution in [0.4, 0.5) is 17.3 Å². The van der Waals surface area contributed by atoms with Crippen molar-refractivity contribution in [2.24, 2.45) is 5.73 Å². The topological polar surface area (TPSA) is 149 Å². The average molecular weight is 512 g/mol. The number of fused-ring (bicyclic) bond motifs is 1. The Balaban J connectivity index is 1.64. The molecule has 2 N–H and O–H groups in total. The molecule has 0 fully saturated rings. The van der Waals surface area contributed by atoms with Gasteiger partial charge in [-0.15, -0.1) is 0 Å². The maximum atomic E-state index is 11.5. The number of anilines is 2. The van der Waals surface area contributed by atoms with Crippen molar-refractivity contribution < 1.29 is 14.1 Å². The first-order chi connectivity index (χ1) is 18.2. The van der Waals surface area contributed by atoms with Crippen LogP contribution in [0.5, 0.6) is 5.75 Å². The molecular formula is C27H25N7O4. The van der Waals surface area contributed by atoms with E-state index in [9.17, 15) is 15.4 Å². The van der Waals surface area contributed by atoms with Gasteiger partial charge in [0, 0.05) is 12.5 Å².